The molecule has 208 valence electrons. The predicted octanol–water partition coefficient (Wildman–Crippen LogP) is 4.43. The zero-order valence-corrected chi connectivity index (χ0v) is 23.5. The van der Waals surface area contributed by atoms with Crippen molar-refractivity contribution in [3.05, 3.63) is 35.4 Å². The summed E-state index contributed by atoms with van der Waals surface area (Å²) in [4.78, 5) is 52.9. The molecule has 9 heteroatoms. The number of ether oxygens (including phenoxy) is 2. The Bertz CT molecular complexity index is 896. The standard InChI is InChI=1S/C28H45N3O6/c1-8-10-11-14-19-31(26(34)21(4)30-27(35)37-28(5,6)7)24(22-16-13-12-15-20(22)3)25(33)29-18-17-23(32)36-9-2/h12-13,15-16,21,24H,8-11,14,17-19H2,1-7H3,(H,29,33)(H,30,35). The fourth-order valence-corrected chi connectivity index (χ4v) is 3.83. The number of carbonyl (C=O) groups excluding carboxylic acids is 4. The van der Waals surface area contributed by atoms with E-state index in [2.05, 4.69) is 17.6 Å². The van der Waals surface area contributed by atoms with Gasteiger partial charge in [0.05, 0.1) is 13.0 Å². The van der Waals surface area contributed by atoms with Crippen molar-refractivity contribution in [1.82, 2.24) is 15.5 Å². The molecule has 0 saturated heterocycles. The SMILES string of the molecule is CCCCCCN(C(=O)C(C)NC(=O)OC(C)(C)C)C(C(=O)NCCC(=O)OCC)c1ccccc1C. The van der Waals surface area contributed by atoms with E-state index in [1.165, 1.54) is 4.90 Å². The summed E-state index contributed by atoms with van der Waals surface area (Å²) >= 11 is 0. The first-order chi connectivity index (χ1) is 17.4. The number of nitrogens with zero attached hydrogens (tertiary/aromatic N) is 1. The number of hydrogen-bond acceptors (Lipinski definition) is 6. The number of esters is 1. The number of benzene rings is 1. The number of unbranched alkanes of at least 4 members (excludes halogenated alkanes) is 3. The van der Waals surface area contributed by atoms with Crippen LogP contribution in [0.2, 0.25) is 0 Å². The van der Waals surface area contributed by atoms with Crippen LogP contribution in [-0.4, -0.2) is 60.1 Å². The van der Waals surface area contributed by atoms with Gasteiger partial charge in [0, 0.05) is 13.1 Å². The summed E-state index contributed by atoms with van der Waals surface area (Å²) in [6.45, 7) is 13.2. The molecule has 0 heterocycles. The summed E-state index contributed by atoms with van der Waals surface area (Å²) in [5.41, 5.74) is 0.825. The van der Waals surface area contributed by atoms with Crippen LogP contribution in [0, 0.1) is 6.92 Å². The van der Waals surface area contributed by atoms with Crippen LogP contribution >= 0.6 is 0 Å². The highest BCUT2D eigenvalue weighted by Gasteiger charge is 2.35. The molecule has 3 amide bonds. The molecular formula is C28H45N3O6. The van der Waals surface area contributed by atoms with Gasteiger partial charge in [-0.2, -0.15) is 0 Å². The average Bonchev–Trinajstić information content (AvgIpc) is 2.80. The number of carbonyl (C=O) groups is 4. The van der Waals surface area contributed by atoms with Crippen LogP contribution in [0.15, 0.2) is 24.3 Å². The van der Waals surface area contributed by atoms with Gasteiger partial charge in [-0.15, -0.1) is 0 Å². The van der Waals surface area contributed by atoms with Crippen LogP contribution in [0.3, 0.4) is 0 Å². The lowest BCUT2D eigenvalue weighted by molar-refractivity contribution is -0.144. The molecule has 1 rings (SSSR count). The van der Waals surface area contributed by atoms with E-state index in [9.17, 15) is 19.2 Å². The quantitative estimate of drug-likeness (QED) is 0.278. The fourth-order valence-electron chi connectivity index (χ4n) is 3.83. The van der Waals surface area contributed by atoms with Crippen molar-refractivity contribution in [2.24, 2.45) is 0 Å². The van der Waals surface area contributed by atoms with Crippen LogP contribution < -0.4 is 10.6 Å². The zero-order chi connectivity index (χ0) is 28.0. The van der Waals surface area contributed by atoms with E-state index >= 15 is 0 Å². The first-order valence-electron chi connectivity index (χ1n) is 13.2. The summed E-state index contributed by atoms with van der Waals surface area (Å²) in [6, 6.07) is 5.55. The number of amides is 3. The third-order valence-corrected chi connectivity index (χ3v) is 5.62. The van der Waals surface area contributed by atoms with Crippen molar-refractivity contribution in [1.29, 1.82) is 0 Å². The van der Waals surface area contributed by atoms with Gasteiger partial charge in [-0.3, -0.25) is 14.4 Å². The lowest BCUT2D eigenvalue weighted by Crippen LogP contribution is -2.52. The van der Waals surface area contributed by atoms with Crippen LogP contribution in [0.5, 0.6) is 0 Å². The van der Waals surface area contributed by atoms with E-state index in [1.54, 1.807) is 34.6 Å². The topological polar surface area (TPSA) is 114 Å². The number of alkyl carbamates (subject to hydrolysis) is 1. The summed E-state index contributed by atoms with van der Waals surface area (Å²) in [5.74, 6) is -1.19. The van der Waals surface area contributed by atoms with Crippen LogP contribution in [0.1, 0.15) is 90.8 Å². The third-order valence-electron chi connectivity index (χ3n) is 5.62. The molecule has 1 aromatic carbocycles. The van der Waals surface area contributed by atoms with E-state index in [-0.39, 0.29) is 19.6 Å². The average molecular weight is 520 g/mol. The molecule has 0 fully saturated rings. The lowest BCUT2D eigenvalue weighted by Gasteiger charge is -2.34. The molecule has 0 aliphatic carbocycles. The maximum atomic E-state index is 13.7. The van der Waals surface area contributed by atoms with Gasteiger partial charge in [0.2, 0.25) is 11.8 Å². The molecule has 37 heavy (non-hydrogen) atoms. The van der Waals surface area contributed by atoms with Crippen LogP contribution in [-0.2, 0) is 23.9 Å². The molecule has 0 aliphatic rings. The number of rotatable bonds is 14. The summed E-state index contributed by atoms with van der Waals surface area (Å²) in [7, 11) is 0. The molecule has 0 spiro atoms. The molecule has 0 bridgehead atoms. The Morgan fingerprint density at radius 1 is 1.03 bits per heavy atom. The van der Waals surface area contributed by atoms with E-state index in [0.717, 1.165) is 24.8 Å². The first kappa shape index (κ1) is 31.9. The highest BCUT2D eigenvalue weighted by Crippen LogP contribution is 2.26. The van der Waals surface area contributed by atoms with Gasteiger partial charge in [-0.05, 0) is 59.1 Å². The second-order valence-corrected chi connectivity index (χ2v) is 10.1. The van der Waals surface area contributed by atoms with Gasteiger partial charge in [0.15, 0.2) is 0 Å². The minimum Gasteiger partial charge on any atom is -0.466 e. The number of hydrogen-bond donors (Lipinski definition) is 2. The van der Waals surface area contributed by atoms with E-state index in [0.29, 0.717) is 18.5 Å². The molecule has 2 N–H and O–H groups in total. The van der Waals surface area contributed by atoms with Crippen LogP contribution in [0.4, 0.5) is 4.79 Å². The lowest BCUT2D eigenvalue weighted by atomic mass is 9.97. The Morgan fingerprint density at radius 3 is 2.30 bits per heavy atom. The summed E-state index contributed by atoms with van der Waals surface area (Å²) in [6.07, 6.45) is 2.97. The van der Waals surface area contributed by atoms with Crippen molar-refractivity contribution >= 4 is 23.9 Å². The Kier molecular flexibility index (Phi) is 13.7. The molecule has 2 atom stereocenters. The van der Waals surface area contributed by atoms with Gasteiger partial charge in [0.1, 0.15) is 17.7 Å². The second-order valence-electron chi connectivity index (χ2n) is 10.1. The van der Waals surface area contributed by atoms with Crippen molar-refractivity contribution in [2.75, 3.05) is 19.7 Å². The summed E-state index contributed by atoms with van der Waals surface area (Å²) < 4.78 is 10.3. The van der Waals surface area contributed by atoms with Crippen molar-refractivity contribution in [3.63, 3.8) is 0 Å². The largest absolute Gasteiger partial charge is 0.466 e. The molecular weight excluding hydrogens is 474 g/mol. The minimum absolute atomic E-state index is 0.0289. The van der Waals surface area contributed by atoms with Gasteiger partial charge < -0.3 is 25.0 Å². The fraction of sp³-hybridized carbons (Fsp3) is 0.643. The van der Waals surface area contributed by atoms with Gasteiger partial charge in [0.25, 0.3) is 0 Å². The van der Waals surface area contributed by atoms with Crippen molar-refractivity contribution < 1.29 is 28.7 Å². The predicted molar refractivity (Wildman–Crippen MR) is 143 cm³/mol. The Labute approximate surface area is 221 Å². The molecule has 0 saturated carbocycles. The molecule has 0 aliphatic heterocycles. The van der Waals surface area contributed by atoms with E-state index < -0.39 is 41.6 Å². The maximum absolute atomic E-state index is 13.7. The smallest absolute Gasteiger partial charge is 0.408 e. The number of aryl methyl sites for hydroxylation is 1. The highest BCUT2D eigenvalue weighted by molar-refractivity contribution is 5.92. The first-order valence-corrected chi connectivity index (χ1v) is 13.2. The number of nitrogens with one attached hydrogen (secondary N) is 2. The van der Waals surface area contributed by atoms with Gasteiger partial charge in [-0.1, -0.05) is 50.5 Å². The van der Waals surface area contributed by atoms with Gasteiger partial charge in [-0.25, -0.2) is 4.79 Å². The molecule has 1 aromatic rings. The normalized spacial score (nSPS) is 12.7. The zero-order valence-electron chi connectivity index (χ0n) is 23.5. The Morgan fingerprint density at radius 2 is 1.70 bits per heavy atom. The molecule has 0 aromatic heterocycles. The molecule has 0 radical (unpaired) electrons. The Balaban J connectivity index is 3.26. The maximum Gasteiger partial charge on any atom is 0.408 e. The van der Waals surface area contributed by atoms with Gasteiger partial charge >= 0.3 is 12.1 Å². The summed E-state index contributed by atoms with van der Waals surface area (Å²) in [5, 5.41) is 5.40. The van der Waals surface area contributed by atoms with E-state index in [1.807, 2.05) is 31.2 Å². The monoisotopic (exact) mass is 519 g/mol. The van der Waals surface area contributed by atoms with Crippen LogP contribution in [0.25, 0.3) is 0 Å². The highest BCUT2D eigenvalue weighted by atomic mass is 16.6. The Hall–Kier alpha value is -3.10. The van der Waals surface area contributed by atoms with Crippen molar-refractivity contribution in [3.8, 4) is 0 Å². The molecule has 2 unspecified atom stereocenters. The van der Waals surface area contributed by atoms with E-state index in [4.69, 9.17) is 9.47 Å². The second kappa shape index (κ2) is 15.9. The molecule has 9 nitrogen and oxygen atoms in total. The minimum atomic E-state index is -0.930. The third kappa shape index (κ3) is 11.7. The van der Waals surface area contributed by atoms with Crippen molar-refractivity contribution in [2.45, 2.75) is 98.3 Å².